The topological polar surface area (TPSA) is 99.4 Å². The number of anilines is 4. The summed E-state index contributed by atoms with van der Waals surface area (Å²) in [6.07, 6.45) is 6.77. The second-order valence-corrected chi connectivity index (χ2v) is 9.76. The van der Waals surface area contributed by atoms with Gasteiger partial charge in [-0.1, -0.05) is 36.7 Å². The maximum absolute atomic E-state index is 12.1. The first-order valence-electron chi connectivity index (χ1n) is 12.1. The van der Waals surface area contributed by atoms with Gasteiger partial charge in [0, 0.05) is 43.6 Å². The minimum Gasteiger partial charge on any atom is -0.370 e. The Kier molecular flexibility index (Phi) is 6.36. The number of aromatic nitrogens is 2. The molecule has 1 aromatic carbocycles. The van der Waals surface area contributed by atoms with Crippen molar-refractivity contribution in [3.05, 3.63) is 47.1 Å². The van der Waals surface area contributed by atoms with Crippen molar-refractivity contribution in [2.45, 2.75) is 32.9 Å². The number of likely N-dealkylation sites (N-methyl/N-ethyl adjacent to an activating group) is 2. The van der Waals surface area contributed by atoms with Crippen LogP contribution < -0.4 is 21.3 Å². The van der Waals surface area contributed by atoms with Crippen molar-refractivity contribution in [3.63, 3.8) is 0 Å². The summed E-state index contributed by atoms with van der Waals surface area (Å²) in [5, 5.41) is 7.15. The molecule has 1 amide bonds. The van der Waals surface area contributed by atoms with Gasteiger partial charge < -0.3 is 21.3 Å². The second-order valence-electron chi connectivity index (χ2n) is 9.35. The molecule has 4 atom stereocenters. The van der Waals surface area contributed by atoms with E-state index in [-0.39, 0.29) is 29.7 Å². The van der Waals surface area contributed by atoms with Crippen LogP contribution >= 0.6 is 11.6 Å². The van der Waals surface area contributed by atoms with Gasteiger partial charge in [-0.25, -0.2) is 4.98 Å². The molecular formula is C25H32ClN7O. The van der Waals surface area contributed by atoms with Gasteiger partial charge >= 0.3 is 0 Å². The van der Waals surface area contributed by atoms with Gasteiger partial charge in [0.05, 0.1) is 12.1 Å². The van der Waals surface area contributed by atoms with E-state index in [1.54, 1.807) is 6.20 Å². The maximum Gasteiger partial charge on any atom is 0.229 e. The van der Waals surface area contributed by atoms with Gasteiger partial charge in [0.25, 0.3) is 0 Å². The van der Waals surface area contributed by atoms with Crippen LogP contribution in [0.2, 0.25) is 5.02 Å². The van der Waals surface area contributed by atoms with Crippen molar-refractivity contribution in [3.8, 4) is 0 Å². The lowest BCUT2D eigenvalue weighted by Gasteiger charge is -2.27. The molecule has 2 bridgehead atoms. The first-order chi connectivity index (χ1) is 16.5. The zero-order valence-electron chi connectivity index (χ0n) is 19.7. The van der Waals surface area contributed by atoms with Gasteiger partial charge in [-0.2, -0.15) is 4.98 Å². The number of hydrogen-bond donors (Lipinski definition) is 3. The quantitative estimate of drug-likeness (QED) is 0.519. The molecule has 1 aromatic heterocycles. The van der Waals surface area contributed by atoms with E-state index < -0.39 is 0 Å². The molecule has 2 heterocycles. The summed E-state index contributed by atoms with van der Waals surface area (Å²) >= 11 is 6.42. The van der Waals surface area contributed by atoms with E-state index in [4.69, 9.17) is 17.3 Å². The van der Waals surface area contributed by atoms with E-state index in [0.29, 0.717) is 16.8 Å². The zero-order valence-corrected chi connectivity index (χ0v) is 20.4. The summed E-state index contributed by atoms with van der Waals surface area (Å²) in [5.74, 6) is 0.850. The van der Waals surface area contributed by atoms with E-state index in [1.165, 1.54) is 11.3 Å². The highest BCUT2D eigenvalue weighted by Crippen LogP contribution is 2.45. The van der Waals surface area contributed by atoms with Crippen molar-refractivity contribution in [1.29, 1.82) is 0 Å². The first kappa shape index (κ1) is 22.9. The smallest absolute Gasteiger partial charge is 0.229 e. The fraction of sp³-hybridized carbons (Fsp3) is 0.480. The van der Waals surface area contributed by atoms with E-state index in [0.717, 1.165) is 44.8 Å². The SMILES string of the molecule is CCN1CCN(CC)c2cc(Nc3ncc(Cl)c(N[C@H]4[C@@H](C(N)=O)[C@@H]5C=C[C@H]4C5)n3)ccc2C1. The third-order valence-electron chi connectivity index (χ3n) is 7.43. The number of amides is 1. The number of nitrogens with zero attached hydrogens (tertiary/aromatic N) is 4. The molecule has 1 fully saturated rings. The molecule has 34 heavy (non-hydrogen) atoms. The summed E-state index contributed by atoms with van der Waals surface area (Å²) in [6, 6.07) is 6.32. The predicted octanol–water partition coefficient (Wildman–Crippen LogP) is 3.62. The average molecular weight is 482 g/mol. The third-order valence-corrected chi connectivity index (χ3v) is 7.70. The lowest BCUT2D eigenvalue weighted by Crippen LogP contribution is -2.41. The molecule has 9 heteroatoms. The van der Waals surface area contributed by atoms with Crippen molar-refractivity contribution >= 4 is 40.6 Å². The highest BCUT2D eigenvalue weighted by molar-refractivity contribution is 6.32. The highest BCUT2D eigenvalue weighted by Gasteiger charge is 2.47. The number of allylic oxidation sites excluding steroid dienone is 1. The van der Waals surface area contributed by atoms with Crippen LogP contribution in [0.5, 0.6) is 0 Å². The number of fused-ring (bicyclic) bond motifs is 3. The molecular weight excluding hydrogens is 450 g/mol. The van der Waals surface area contributed by atoms with Gasteiger partial charge in [-0.15, -0.1) is 0 Å². The lowest BCUT2D eigenvalue weighted by atomic mass is 9.88. The summed E-state index contributed by atoms with van der Waals surface area (Å²) < 4.78 is 0. The Labute approximate surface area is 205 Å². The fourth-order valence-electron chi connectivity index (χ4n) is 5.59. The van der Waals surface area contributed by atoms with Crippen LogP contribution in [0.25, 0.3) is 0 Å². The molecule has 0 radical (unpaired) electrons. The molecule has 4 N–H and O–H groups in total. The molecule has 2 aliphatic carbocycles. The molecule has 5 rings (SSSR count). The van der Waals surface area contributed by atoms with Crippen LogP contribution in [0.3, 0.4) is 0 Å². The largest absolute Gasteiger partial charge is 0.370 e. The summed E-state index contributed by atoms with van der Waals surface area (Å²) in [5.41, 5.74) is 9.20. The second kappa shape index (κ2) is 9.43. The number of hydrogen-bond acceptors (Lipinski definition) is 7. The Balaban J connectivity index is 1.37. The third kappa shape index (κ3) is 4.32. The van der Waals surface area contributed by atoms with Crippen molar-refractivity contribution in [2.24, 2.45) is 23.5 Å². The van der Waals surface area contributed by atoms with Crippen LogP contribution in [0.4, 0.5) is 23.1 Å². The zero-order chi connectivity index (χ0) is 23.8. The van der Waals surface area contributed by atoms with Gasteiger partial charge in [0.2, 0.25) is 11.9 Å². The van der Waals surface area contributed by atoms with Crippen LogP contribution in [0.1, 0.15) is 25.8 Å². The van der Waals surface area contributed by atoms with Gasteiger partial charge in [-0.05, 0) is 49.4 Å². The Morgan fingerprint density at radius 3 is 2.79 bits per heavy atom. The molecule has 1 aliphatic heterocycles. The fourth-order valence-corrected chi connectivity index (χ4v) is 5.74. The summed E-state index contributed by atoms with van der Waals surface area (Å²) in [7, 11) is 0. The van der Waals surface area contributed by atoms with E-state index in [1.807, 2.05) is 0 Å². The molecule has 0 saturated heterocycles. The number of rotatable bonds is 7. The molecule has 0 unspecified atom stereocenters. The van der Waals surface area contributed by atoms with Crippen molar-refractivity contribution < 1.29 is 4.79 Å². The number of nitrogens with one attached hydrogen (secondary N) is 2. The van der Waals surface area contributed by atoms with Crippen LogP contribution in [-0.4, -0.2) is 53.0 Å². The monoisotopic (exact) mass is 481 g/mol. The standard InChI is InChI=1S/C25H32ClN7O/c1-3-32-9-10-33(4-2)20-12-18(8-7-17(20)14-32)29-25-28-13-19(26)24(31-25)30-22-16-6-5-15(11-16)21(22)23(27)34/h5-8,12-13,15-16,21-22H,3-4,9-11,14H2,1-2H3,(H2,27,34)(H2,28,29,30,31)/t15-,16+,21+,22-/m1/s1. The highest BCUT2D eigenvalue weighted by atomic mass is 35.5. The van der Waals surface area contributed by atoms with E-state index in [9.17, 15) is 4.79 Å². The van der Waals surface area contributed by atoms with E-state index in [2.05, 4.69) is 74.6 Å². The van der Waals surface area contributed by atoms with E-state index >= 15 is 0 Å². The summed E-state index contributed by atoms with van der Waals surface area (Å²) in [6.45, 7) is 9.41. The van der Waals surface area contributed by atoms with Crippen LogP contribution in [-0.2, 0) is 11.3 Å². The maximum atomic E-state index is 12.1. The molecule has 2 aromatic rings. The molecule has 3 aliphatic rings. The average Bonchev–Trinajstić information content (AvgIpc) is 3.38. The molecule has 8 nitrogen and oxygen atoms in total. The normalized spacial score (nSPS) is 25.8. The van der Waals surface area contributed by atoms with Crippen molar-refractivity contribution in [1.82, 2.24) is 14.9 Å². The van der Waals surface area contributed by atoms with Gasteiger partial charge in [0.1, 0.15) is 5.02 Å². The van der Waals surface area contributed by atoms with Gasteiger partial charge in [0.15, 0.2) is 5.82 Å². The minimum absolute atomic E-state index is 0.111. The Bertz CT molecular complexity index is 1110. The Morgan fingerprint density at radius 1 is 1.21 bits per heavy atom. The molecule has 0 spiro atoms. The molecule has 180 valence electrons. The Hall–Kier alpha value is -2.84. The van der Waals surface area contributed by atoms with Crippen molar-refractivity contribution in [2.75, 3.05) is 41.7 Å². The summed E-state index contributed by atoms with van der Waals surface area (Å²) in [4.78, 5) is 26.0. The predicted molar refractivity (Wildman–Crippen MR) is 136 cm³/mol. The van der Waals surface area contributed by atoms with Gasteiger partial charge in [-0.3, -0.25) is 9.69 Å². The number of carbonyl (C=O) groups is 1. The van der Waals surface area contributed by atoms with Crippen LogP contribution in [0.15, 0.2) is 36.5 Å². The number of carbonyl (C=O) groups excluding carboxylic acids is 1. The minimum atomic E-state index is -0.287. The Morgan fingerprint density at radius 2 is 2.03 bits per heavy atom. The number of primary amides is 1. The molecule has 1 saturated carbocycles. The lowest BCUT2D eigenvalue weighted by molar-refractivity contribution is -0.122. The number of halogens is 1. The van der Waals surface area contributed by atoms with Crippen LogP contribution in [0, 0.1) is 17.8 Å². The first-order valence-corrected chi connectivity index (χ1v) is 12.5. The number of benzene rings is 1. The number of nitrogens with two attached hydrogens (primary N) is 1.